The minimum Gasteiger partial charge on any atom is -0.0623 e. The third-order valence-electron chi connectivity index (χ3n) is 0.667. The van der Waals surface area contributed by atoms with Crippen LogP contribution < -0.4 is 0 Å². The van der Waals surface area contributed by atoms with E-state index in [-0.39, 0.29) is 0 Å². The summed E-state index contributed by atoms with van der Waals surface area (Å²) in [6.07, 6.45) is 0. The van der Waals surface area contributed by atoms with E-state index >= 15 is 0 Å². The molecule has 0 saturated carbocycles. The van der Waals surface area contributed by atoms with Gasteiger partial charge in [0.15, 0.2) is 0 Å². The van der Waals surface area contributed by atoms with Gasteiger partial charge in [-0.2, -0.15) is 0 Å². The van der Waals surface area contributed by atoms with Crippen LogP contribution in [0.25, 0.3) is 0 Å². The standard InChI is InChI=1S/C6H6/c1-2-4-6-5-3-1/h1-6H/i1-2. The molecule has 0 spiro atoms. The molecule has 1 aromatic rings. The maximum absolute atomic E-state index is 2.00. The Hall–Kier alpha value is -0.780. The van der Waals surface area contributed by atoms with Crippen molar-refractivity contribution in [2.45, 2.75) is 0 Å². The fourth-order valence-corrected chi connectivity index (χ4v) is 0.385. The van der Waals surface area contributed by atoms with Crippen molar-refractivity contribution in [3.63, 3.8) is 0 Å². The first-order chi connectivity index (χ1) is 3.00. The average molecular weight is 76.1 g/mol. The number of hydrogen-bond donors (Lipinski definition) is 0. The predicted octanol–water partition coefficient (Wildman–Crippen LogP) is 1.69. The van der Waals surface area contributed by atoms with Crippen LogP contribution in [0.2, 0.25) is 0 Å². The maximum Gasteiger partial charge on any atom is -0.0623 e. The summed E-state index contributed by atoms with van der Waals surface area (Å²) < 4.78 is 0. The molecule has 1 aromatic carbocycles. The fourth-order valence-electron chi connectivity index (χ4n) is 0.385. The van der Waals surface area contributed by atoms with Gasteiger partial charge in [0.2, 0.25) is 0 Å². The first kappa shape index (κ1) is 3.41. The van der Waals surface area contributed by atoms with E-state index in [2.05, 4.69) is 0 Å². The van der Waals surface area contributed by atoms with E-state index in [1.165, 1.54) is 0 Å². The summed E-state index contributed by atoms with van der Waals surface area (Å²) in [7, 11) is 0. The molecule has 0 aliphatic carbocycles. The van der Waals surface area contributed by atoms with Crippen molar-refractivity contribution >= 4 is 0 Å². The molecule has 1 rings (SSSR count). The quantitative estimate of drug-likeness (QED) is 0.441. The van der Waals surface area contributed by atoms with Crippen molar-refractivity contribution in [1.82, 2.24) is 0 Å². The Balaban J connectivity index is 3.00. The molecule has 0 atom stereocenters. The van der Waals surface area contributed by atoms with Gasteiger partial charge in [-0.15, -0.1) is 0 Å². The van der Waals surface area contributed by atoms with Crippen LogP contribution in [0.15, 0.2) is 36.4 Å². The van der Waals surface area contributed by atoms with Crippen molar-refractivity contribution in [3.05, 3.63) is 36.4 Å². The Morgan fingerprint density at radius 2 is 1.50 bits per heavy atom. The van der Waals surface area contributed by atoms with Gasteiger partial charge in [-0.25, -0.2) is 0 Å². The van der Waals surface area contributed by atoms with Crippen LogP contribution in [-0.2, 0) is 0 Å². The lowest BCUT2D eigenvalue weighted by molar-refractivity contribution is 1.72. The van der Waals surface area contributed by atoms with E-state index < -0.39 is 0 Å². The molecule has 0 heteroatoms. The van der Waals surface area contributed by atoms with Gasteiger partial charge in [0.05, 0.1) is 0 Å². The molecule has 0 aromatic heterocycles. The predicted molar refractivity (Wildman–Crippen MR) is 26.4 cm³/mol. The molecule has 6 heavy (non-hydrogen) atoms. The largest absolute Gasteiger partial charge is 0.0623 e. The maximum atomic E-state index is 2.00. The lowest BCUT2D eigenvalue weighted by Crippen LogP contribution is -1.47. The zero-order chi connectivity index (χ0) is 4.24. The van der Waals surface area contributed by atoms with Gasteiger partial charge in [-0.05, 0) is 0 Å². The number of hydrogen-bond acceptors (Lipinski definition) is 0. The summed E-state index contributed by atoms with van der Waals surface area (Å²) >= 11 is 0. The lowest BCUT2D eigenvalue weighted by atomic mass is 9.43. The summed E-state index contributed by atoms with van der Waals surface area (Å²) in [5.41, 5.74) is 0. The average Bonchev–Trinajstić information content (AvgIpc) is 1.72. The normalized spacial score (nSPS) is 8.00. The third-order valence-corrected chi connectivity index (χ3v) is 0.667. The molecule has 0 aliphatic rings. The van der Waals surface area contributed by atoms with Crippen molar-refractivity contribution < 1.29 is 0 Å². The highest BCUT2D eigenvalue weighted by atomic mass is 13.5. The molecule has 0 N–H and O–H groups in total. The van der Waals surface area contributed by atoms with E-state index in [0.717, 1.165) is 0 Å². The number of benzene rings is 1. The fraction of sp³-hybridized carbons (Fsp3) is 0. The molecule has 0 radical (unpaired) electrons. The Labute approximate surface area is 37.4 Å². The van der Waals surface area contributed by atoms with Gasteiger partial charge in [0.1, 0.15) is 0 Å². The van der Waals surface area contributed by atoms with Gasteiger partial charge < -0.3 is 0 Å². The highest BCUT2D eigenvalue weighted by Gasteiger charge is 1.57. The molecule has 0 heterocycles. The molecular formula is C6H6. The summed E-state index contributed by atoms with van der Waals surface area (Å²) in [6.45, 7) is 0. The van der Waals surface area contributed by atoms with Crippen LogP contribution in [0.1, 0.15) is 0 Å². The van der Waals surface area contributed by atoms with E-state index in [0.29, 0.717) is 0 Å². The van der Waals surface area contributed by atoms with Crippen molar-refractivity contribution in [2.24, 2.45) is 0 Å². The Morgan fingerprint density at radius 1 is 0.833 bits per heavy atom. The highest BCUT2D eigenvalue weighted by Crippen LogP contribution is 1.79. The Kier molecular flexibility index (Phi) is 0.913. The first-order valence-electron chi connectivity index (χ1n) is 2.00. The Morgan fingerprint density at radius 3 is 1.67 bits per heavy atom. The molecule has 30 valence electrons. The van der Waals surface area contributed by atoms with Gasteiger partial charge in [-0.3, -0.25) is 0 Å². The monoisotopic (exact) mass is 76.1 g/mol. The first-order valence-corrected chi connectivity index (χ1v) is 2.00. The van der Waals surface area contributed by atoms with Crippen LogP contribution in [0.5, 0.6) is 0 Å². The third kappa shape index (κ3) is 0.582. The minimum atomic E-state index is 2.00. The second kappa shape index (κ2) is 1.61. The zero-order valence-electron chi connectivity index (χ0n) is 3.46. The van der Waals surface area contributed by atoms with Gasteiger partial charge in [-0.1, -0.05) is 36.4 Å². The SMILES string of the molecule is c1cc[10cH]cc1. The summed E-state index contributed by atoms with van der Waals surface area (Å²) in [6, 6.07) is 12.0. The highest BCUT2D eigenvalue weighted by molar-refractivity contribution is 4.99. The summed E-state index contributed by atoms with van der Waals surface area (Å²) in [4.78, 5) is 0. The van der Waals surface area contributed by atoms with E-state index in [9.17, 15) is 0 Å². The van der Waals surface area contributed by atoms with Gasteiger partial charge in [0, 0.05) is 0 Å². The lowest BCUT2D eigenvalue weighted by Gasteiger charge is -1.69. The summed E-state index contributed by atoms with van der Waals surface area (Å²) in [5.74, 6) is 0. The Bertz CT molecular complexity index is 72.0. The van der Waals surface area contributed by atoms with Crippen molar-refractivity contribution in [1.29, 1.82) is 0 Å². The zero-order valence-corrected chi connectivity index (χ0v) is 3.46. The van der Waals surface area contributed by atoms with Crippen molar-refractivity contribution in [2.75, 3.05) is 0 Å². The molecular weight excluding hydrogens is 70.1 g/mol. The smallest absolute Gasteiger partial charge is 0.0623 e. The molecule has 0 aliphatic heterocycles. The summed E-state index contributed by atoms with van der Waals surface area (Å²) in [5, 5.41) is 0. The minimum absolute atomic E-state index is 2.00. The van der Waals surface area contributed by atoms with Crippen LogP contribution in [0.3, 0.4) is 0 Å². The van der Waals surface area contributed by atoms with Gasteiger partial charge in [0.25, 0.3) is 0 Å². The van der Waals surface area contributed by atoms with E-state index in [1.807, 2.05) is 36.4 Å². The van der Waals surface area contributed by atoms with E-state index in [1.54, 1.807) is 0 Å². The second-order valence-corrected chi connectivity index (χ2v) is 1.15. The van der Waals surface area contributed by atoms with Crippen LogP contribution in [-0.4, -0.2) is 0 Å². The molecule has 0 bridgehead atoms. The van der Waals surface area contributed by atoms with Crippen molar-refractivity contribution in [3.8, 4) is 0 Å². The number of rotatable bonds is 0. The van der Waals surface area contributed by atoms with Gasteiger partial charge >= 0.3 is 0 Å². The van der Waals surface area contributed by atoms with Crippen LogP contribution in [0.4, 0.5) is 0 Å². The van der Waals surface area contributed by atoms with E-state index in [4.69, 9.17) is 0 Å². The molecule has 0 amide bonds. The molecule has 0 nitrogen and oxygen atoms in total. The van der Waals surface area contributed by atoms with Crippen LogP contribution in [0, 0.1) is 0 Å². The van der Waals surface area contributed by atoms with Crippen LogP contribution >= 0.6 is 0 Å². The molecule has 0 fully saturated rings. The second-order valence-electron chi connectivity index (χ2n) is 1.15. The molecule has 0 unspecified atom stereocenters. The molecule has 0 saturated heterocycles. The topological polar surface area (TPSA) is 0 Å².